The van der Waals surface area contributed by atoms with E-state index in [1.54, 1.807) is 4.31 Å². The quantitative estimate of drug-likeness (QED) is 0.790. The van der Waals surface area contributed by atoms with Crippen molar-refractivity contribution in [3.63, 3.8) is 0 Å². The summed E-state index contributed by atoms with van der Waals surface area (Å²) in [5, 5.41) is 3.02. The van der Waals surface area contributed by atoms with Crippen LogP contribution in [0, 0.1) is 5.92 Å². The number of amides is 2. The summed E-state index contributed by atoms with van der Waals surface area (Å²) >= 11 is 0. The molecule has 7 nitrogen and oxygen atoms in total. The number of sulfonamides is 1. The number of nitrogens with zero attached hydrogens (tertiary/aromatic N) is 2. The molecule has 2 unspecified atom stereocenters. The van der Waals surface area contributed by atoms with Crippen LogP contribution >= 0.6 is 0 Å². The Balaban J connectivity index is 1.53. The Morgan fingerprint density at radius 2 is 1.84 bits per heavy atom. The molecule has 0 aromatic heterocycles. The van der Waals surface area contributed by atoms with E-state index in [4.69, 9.17) is 4.74 Å². The fraction of sp³-hybridized carbons (Fsp3) is 0.941. The van der Waals surface area contributed by atoms with Crippen molar-refractivity contribution in [3.8, 4) is 0 Å². The summed E-state index contributed by atoms with van der Waals surface area (Å²) in [6.45, 7) is 3.50. The van der Waals surface area contributed by atoms with Crippen molar-refractivity contribution in [3.05, 3.63) is 0 Å². The molecule has 1 saturated carbocycles. The summed E-state index contributed by atoms with van der Waals surface area (Å²) < 4.78 is 31.6. The molecular formula is C17H31N3O4S. The lowest BCUT2D eigenvalue weighted by Crippen LogP contribution is -2.50. The first-order valence-corrected chi connectivity index (χ1v) is 11.4. The van der Waals surface area contributed by atoms with Crippen LogP contribution in [0.1, 0.15) is 44.9 Å². The monoisotopic (exact) mass is 373 g/mol. The summed E-state index contributed by atoms with van der Waals surface area (Å²) in [6.07, 6.45) is 7.80. The minimum absolute atomic E-state index is 0.0258. The molecule has 0 radical (unpaired) electrons. The van der Waals surface area contributed by atoms with Crippen molar-refractivity contribution in [1.29, 1.82) is 0 Å². The van der Waals surface area contributed by atoms with Gasteiger partial charge < -0.3 is 15.0 Å². The normalized spacial score (nSPS) is 28.6. The van der Waals surface area contributed by atoms with Gasteiger partial charge in [0.15, 0.2) is 0 Å². The fourth-order valence-corrected chi connectivity index (χ4v) is 5.61. The molecule has 2 heterocycles. The van der Waals surface area contributed by atoms with Crippen LogP contribution < -0.4 is 5.32 Å². The second-order valence-corrected chi connectivity index (χ2v) is 9.55. The van der Waals surface area contributed by atoms with Gasteiger partial charge in [-0.3, -0.25) is 0 Å². The van der Waals surface area contributed by atoms with Crippen LogP contribution in [0.3, 0.4) is 0 Å². The highest BCUT2D eigenvalue weighted by Crippen LogP contribution is 2.31. The summed E-state index contributed by atoms with van der Waals surface area (Å²) in [5.74, 6) is 0.419. The summed E-state index contributed by atoms with van der Waals surface area (Å²) in [6, 6.07) is 0.172. The summed E-state index contributed by atoms with van der Waals surface area (Å²) in [5.41, 5.74) is 0. The molecule has 2 aliphatic heterocycles. The second-order valence-electron chi connectivity index (χ2n) is 7.67. The maximum atomic E-state index is 12.4. The van der Waals surface area contributed by atoms with Gasteiger partial charge in [0.2, 0.25) is 10.0 Å². The van der Waals surface area contributed by atoms with Gasteiger partial charge in [0, 0.05) is 44.2 Å². The zero-order chi connectivity index (χ0) is 17.9. The number of carbonyl (C=O) groups is 1. The van der Waals surface area contributed by atoms with Gasteiger partial charge in [-0.2, -0.15) is 4.31 Å². The SMILES string of the molecule is CS(=O)(=O)N(C1CCC1)C1CCCN(C(=O)NCC2CCOC2)CC1. The molecule has 0 bridgehead atoms. The van der Waals surface area contributed by atoms with Crippen LogP contribution in [0.2, 0.25) is 0 Å². The third kappa shape index (κ3) is 4.86. The molecule has 2 amide bonds. The number of hydrogen-bond donors (Lipinski definition) is 1. The zero-order valence-corrected chi connectivity index (χ0v) is 16.0. The van der Waals surface area contributed by atoms with Crippen molar-refractivity contribution >= 4 is 16.1 Å². The van der Waals surface area contributed by atoms with Gasteiger partial charge >= 0.3 is 6.03 Å². The number of nitrogens with one attached hydrogen (secondary N) is 1. The van der Waals surface area contributed by atoms with E-state index in [1.165, 1.54) is 6.26 Å². The van der Waals surface area contributed by atoms with Crippen molar-refractivity contribution < 1.29 is 17.9 Å². The predicted octanol–water partition coefficient (Wildman–Crippen LogP) is 1.40. The Labute approximate surface area is 151 Å². The van der Waals surface area contributed by atoms with E-state index in [2.05, 4.69) is 5.32 Å². The Morgan fingerprint density at radius 1 is 1.12 bits per heavy atom. The van der Waals surface area contributed by atoms with E-state index in [1.807, 2.05) is 4.90 Å². The number of carbonyl (C=O) groups excluding carboxylic acids is 1. The molecule has 0 aromatic carbocycles. The smallest absolute Gasteiger partial charge is 0.317 e. The van der Waals surface area contributed by atoms with Gasteiger partial charge in [-0.1, -0.05) is 6.42 Å². The highest BCUT2D eigenvalue weighted by molar-refractivity contribution is 7.88. The minimum Gasteiger partial charge on any atom is -0.381 e. The topological polar surface area (TPSA) is 79.0 Å². The van der Waals surface area contributed by atoms with Gasteiger partial charge in [0.1, 0.15) is 0 Å². The van der Waals surface area contributed by atoms with E-state index in [-0.39, 0.29) is 18.1 Å². The lowest BCUT2D eigenvalue weighted by Gasteiger charge is -2.40. The van der Waals surface area contributed by atoms with Gasteiger partial charge in [0.25, 0.3) is 0 Å². The molecule has 3 aliphatic rings. The number of hydrogen-bond acceptors (Lipinski definition) is 4. The largest absolute Gasteiger partial charge is 0.381 e. The van der Waals surface area contributed by atoms with Crippen LogP contribution in [0.4, 0.5) is 4.79 Å². The standard InChI is InChI=1S/C17H31N3O4S/c1-25(22,23)20(15-4-2-5-15)16-6-3-9-19(10-7-16)17(21)18-12-14-8-11-24-13-14/h14-16H,2-13H2,1H3,(H,18,21). The van der Waals surface area contributed by atoms with Gasteiger partial charge in [0.05, 0.1) is 12.9 Å². The molecule has 3 fully saturated rings. The molecule has 2 saturated heterocycles. The molecule has 144 valence electrons. The second kappa shape index (κ2) is 8.22. The van der Waals surface area contributed by atoms with E-state index in [9.17, 15) is 13.2 Å². The number of likely N-dealkylation sites (tertiary alicyclic amines) is 1. The third-order valence-electron chi connectivity index (χ3n) is 5.73. The number of urea groups is 1. The van der Waals surface area contributed by atoms with Gasteiger partial charge in [-0.25, -0.2) is 13.2 Å². The molecule has 2 atom stereocenters. The Morgan fingerprint density at radius 3 is 2.44 bits per heavy atom. The summed E-state index contributed by atoms with van der Waals surface area (Å²) in [4.78, 5) is 14.3. The van der Waals surface area contributed by atoms with Gasteiger partial charge in [-0.05, 0) is 38.5 Å². The average molecular weight is 374 g/mol. The van der Waals surface area contributed by atoms with Crippen molar-refractivity contribution in [1.82, 2.24) is 14.5 Å². The first-order chi connectivity index (χ1) is 11.9. The first-order valence-electron chi connectivity index (χ1n) is 9.54. The van der Waals surface area contributed by atoms with Crippen LogP contribution in [-0.2, 0) is 14.8 Å². The highest BCUT2D eigenvalue weighted by Gasteiger charge is 2.37. The van der Waals surface area contributed by atoms with Crippen LogP contribution in [0.25, 0.3) is 0 Å². The predicted molar refractivity (Wildman–Crippen MR) is 95.9 cm³/mol. The molecule has 1 N–H and O–H groups in total. The zero-order valence-electron chi connectivity index (χ0n) is 15.2. The lowest BCUT2D eigenvalue weighted by molar-refractivity contribution is 0.160. The minimum atomic E-state index is -3.20. The molecule has 8 heteroatoms. The molecule has 0 aromatic rings. The molecule has 1 aliphatic carbocycles. The Hall–Kier alpha value is -0.860. The molecular weight excluding hydrogens is 342 g/mol. The third-order valence-corrected chi connectivity index (χ3v) is 7.09. The lowest BCUT2D eigenvalue weighted by atomic mass is 9.91. The highest BCUT2D eigenvalue weighted by atomic mass is 32.2. The maximum absolute atomic E-state index is 12.4. The number of ether oxygens (including phenoxy) is 1. The van der Waals surface area contributed by atoms with E-state index in [0.717, 1.165) is 58.2 Å². The van der Waals surface area contributed by atoms with Crippen molar-refractivity contribution in [2.45, 2.75) is 57.0 Å². The molecule has 3 rings (SSSR count). The average Bonchev–Trinajstić information content (AvgIpc) is 2.91. The van der Waals surface area contributed by atoms with E-state index in [0.29, 0.717) is 25.6 Å². The first kappa shape index (κ1) is 18.9. The van der Waals surface area contributed by atoms with E-state index < -0.39 is 10.0 Å². The van der Waals surface area contributed by atoms with Crippen LogP contribution in [0.5, 0.6) is 0 Å². The summed E-state index contributed by atoms with van der Waals surface area (Å²) in [7, 11) is -3.20. The molecule has 25 heavy (non-hydrogen) atoms. The van der Waals surface area contributed by atoms with Crippen molar-refractivity contribution in [2.24, 2.45) is 5.92 Å². The maximum Gasteiger partial charge on any atom is 0.317 e. The van der Waals surface area contributed by atoms with Crippen molar-refractivity contribution in [2.75, 3.05) is 39.1 Å². The van der Waals surface area contributed by atoms with Crippen LogP contribution in [0.15, 0.2) is 0 Å². The van der Waals surface area contributed by atoms with E-state index >= 15 is 0 Å². The fourth-order valence-electron chi connectivity index (χ4n) is 4.11. The Bertz CT molecular complexity index is 558. The van der Waals surface area contributed by atoms with Crippen LogP contribution in [-0.4, -0.2) is 74.8 Å². The van der Waals surface area contributed by atoms with Gasteiger partial charge in [-0.15, -0.1) is 0 Å². The molecule has 0 spiro atoms. The Kier molecular flexibility index (Phi) is 6.22. The number of rotatable bonds is 5.